The van der Waals surface area contributed by atoms with Gasteiger partial charge < -0.3 is 34.4 Å². The van der Waals surface area contributed by atoms with Crippen molar-refractivity contribution in [1.29, 1.82) is 0 Å². The van der Waals surface area contributed by atoms with Crippen LogP contribution in [0.2, 0.25) is 0 Å². The summed E-state index contributed by atoms with van der Waals surface area (Å²) in [7, 11) is 0. The standard InChI is InChI=1S/C48H53N9O9/c1-5-56-39(25-35(54-56)29-11-12-29)51-44-42-34-22-26(2)33(40-27(3)55-66-28(40)4)24-36(34)50-43(42)52-45(53-44)46(60)49-15-17-64-19-21-65-20-18-63-16-7-9-30-8-6-10-32-41(30)48(62)57(47(32)61)37-14-13-31(58)23-38(37)59/h6,8,10,22,24-25,29,37H,5,7,9,11-21,23H2,1-4H3,(H,49,60)(H2,50,51,52,53). The molecule has 0 spiro atoms. The van der Waals surface area contributed by atoms with Gasteiger partial charge in [-0.1, -0.05) is 17.3 Å². The lowest BCUT2D eigenvalue weighted by Crippen LogP contribution is -2.47. The van der Waals surface area contributed by atoms with Crippen LogP contribution in [-0.4, -0.2) is 116 Å². The maximum Gasteiger partial charge on any atom is 0.289 e. The second-order valence-electron chi connectivity index (χ2n) is 17.1. The van der Waals surface area contributed by atoms with Gasteiger partial charge in [0.05, 0.1) is 73.4 Å². The maximum absolute atomic E-state index is 13.5. The van der Waals surface area contributed by atoms with E-state index in [1.165, 1.54) is 0 Å². The minimum Gasteiger partial charge on any atom is -0.379 e. The van der Waals surface area contributed by atoms with Crippen LogP contribution in [0.25, 0.3) is 33.1 Å². The highest BCUT2D eigenvalue weighted by atomic mass is 16.5. The summed E-state index contributed by atoms with van der Waals surface area (Å²) >= 11 is 0. The number of nitrogens with zero attached hydrogens (tertiary/aromatic N) is 6. The van der Waals surface area contributed by atoms with Crippen LogP contribution in [0, 0.1) is 20.8 Å². The van der Waals surface area contributed by atoms with Gasteiger partial charge in [0, 0.05) is 54.6 Å². The monoisotopic (exact) mass is 899 g/mol. The molecule has 66 heavy (non-hydrogen) atoms. The summed E-state index contributed by atoms with van der Waals surface area (Å²) in [5.41, 5.74) is 7.51. The third-order valence-corrected chi connectivity index (χ3v) is 12.4. The minimum absolute atomic E-state index is 0.00228. The van der Waals surface area contributed by atoms with Crippen LogP contribution in [0.4, 0.5) is 11.6 Å². The van der Waals surface area contributed by atoms with E-state index >= 15 is 0 Å². The fourth-order valence-electron chi connectivity index (χ4n) is 8.98. The number of H-pyrrole nitrogens is 1. The first-order valence-corrected chi connectivity index (χ1v) is 22.7. The van der Waals surface area contributed by atoms with Gasteiger partial charge in [-0.25, -0.2) is 14.6 Å². The lowest BCUT2D eigenvalue weighted by Gasteiger charge is -2.27. The number of imide groups is 1. The number of benzene rings is 2. The van der Waals surface area contributed by atoms with Gasteiger partial charge in [0.2, 0.25) is 5.82 Å². The highest BCUT2D eigenvalue weighted by Gasteiger charge is 2.45. The quantitative estimate of drug-likeness (QED) is 0.0439. The molecule has 2 saturated carbocycles. The lowest BCUT2D eigenvalue weighted by molar-refractivity contribution is -0.132. The second kappa shape index (κ2) is 19.1. The number of aromatic amines is 1. The lowest BCUT2D eigenvalue weighted by atomic mass is 9.92. The fourth-order valence-corrected chi connectivity index (χ4v) is 8.98. The van der Waals surface area contributed by atoms with Crippen LogP contribution in [-0.2, 0) is 36.8 Å². The average Bonchev–Trinajstić information content (AvgIpc) is 3.75. The van der Waals surface area contributed by atoms with E-state index in [0.717, 1.165) is 79.3 Å². The molecular formula is C48H53N9O9. The van der Waals surface area contributed by atoms with Crippen molar-refractivity contribution < 1.29 is 42.7 Å². The molecule has 6 aromatic rings. The van der Waals surface area contributed by atoms with Gasteiger partial charge in [-0.15, -0.1) is 0 Å². The van der Waals surface area contributed by atoms with Gasteiger partial charge in [0.15, 0.2) is 5.78 Å². The SMILES string of the molecule is CCn1nc(C2CC2)cc1Nc1nc(C(=O)NCCOCCOCCOCCCc2cccc3c2C(=O)N(C2CCC(=O)CC2=O)C3=O)nc2[nH]c3cc(-c4c(C)noc4C)c(C)cc3c12. The summed E-state index contributed by atoms with van der Waals surface area (Å²) in [5.74, 6) is 0.528. The molecular weight excluding hydrogens is 847 g/mol. The Kier molecular flexibility index (Phi) is 12.9. The predicted octanol–water partition coefficient (Wildman–Crippen LogP) is 6.23. The third kappa shape index (κ3) is 8.99. The van der Waals surface area contributed by atoms with Crippen LogP contribution >= 0.6 is 0 Å². The van der Waals surface area contributed by atoms with Crippen molar-refractivity contribution >= 4 is 62.9 Å². The number of hydrogen-bond acceptors (Lipinski definition) is 14. The topological polar surface area (TPSA) is 226 Å². The minimum atomic E-state index is -0.895. The summed E-state index contributed by atoms with van der Waals surface area (Å²) < 4.78 is 24.5. The van der Waals surface area contributed by atoms with Crippen LogP contribution < -0.4 is 10.6 Å². The van der Waals surface area contributed by atoms with Crippen LogP contribution in [0.5, 0.6) is 0 Å². The molecule has 2 aromatic carbocycles. The van der Waals surface area contributed by atoms with Crippen molar-refractivity contribution in [2.75, 3.05) is 51.5 Å². The largest absolute Gasteiger partial charge is 0.379 e. The third-order valence-electron chi connectivity index (χ3n) is 12.4. The number of fused-ring (bicyclic) bond motifs is 4. The molecule has 1 aliphatic heterocycles. The second-order valence-corrected chi connectivity index (χ2v) is 17.1. The molecule has 0 saturated heterocycles. The van der Waals surface area contributed by atoms with Crippen molar-refractivity contribution in [2.45, 2.75) is 91.1 Å². The molecule has 18 heteroatoms. The number of aryl methyl sites for hydroxylation is 5. The van der Waals surface area contributed by atoms with E-state index in [1.54, 1.807) is 12.1 Å². The Morgan fingerprint density at radius 2 is 1.67 bits per heavy atom. The zero-order chi connectivity index (χ0) is 46.1. The summed E-state index contributed by atoms with van der Waals surface area (Å²) in [6.45, 7) is 10.8. The number of Topliss-reactive ketones (excluding diaryl/α,β-unsaturated/α-hetero) is 2. The van der Waals surface area contributed by atoms with E-state index in [4.69, 9.17) is 33.8 Å². The fraction of sp³-hybridized carbons (Fsp3) is 0.438. The van der Waals surface area contributed by atoms with Gasteiger partial charge in [-0.05, 0) is 94.7 Å². The molecule has 1 atom stereocenters. The number of ether oxygens (including phenoxy) is 3. The first-order valence-electron chi connectivity index (χ1n) is 22.7. The van der Waals surface area contributed by atoms with Gasteiger partial charge in [-0.3, -0.25) is 28.9 Å². The molecule has 344 valence electrons. The van der Waals surface area contributed by atoms with Crippen molar-refractivity contribution in [2.24, 2.45) is 0 Å². The number of carbonyl (C=O) groups excluding carboxylic acids is 5. The Morgan fingerprint density at radius 1 is 0.894 bits per heavy atom. The number of amides is 3. The highest BCUT2D eigenvalue weighted by Crippen LogP contribution is 2.42. The number of rotatable bonds is 20. The number of nitrogens with one attached hydrogen (secondary N) is 3. The molecule has 3 amide bonds. The zero-order valence-electron chi connectivity index (χ0n) is 37.6. The van der Waals surface area contributed by atoms with E-state index in [2.05, 4.69) is 45.9 Å². The number of anilines is 2. The molecule has 4 aromatic heterocycles. The van der Waals surface area contributed by atoms with Gasteiger partial charge in [-0.2, -0.15) is 5.10 Å². The van der Waals surface area contributed by atoms with Crippen LogP contribution in [0.15, 0.2) is 40.9 Å². The number of aromatic nitrogens is 6. The average molecular weight is 900 g/mol. The summed E-state index contributed by atoms with van der Waals surface area (Å²) in [6.07, 6.45) is 3.47. The Labute approximate surface area is 380 Å². The van der Waals surface area contributed by atoms with Gasteiger partial charge >= 0.3 is 0 Å². The molecule has 2 aliphatic carbocycles. The van der Waals surface area contributed by atoms with Crippen LogP contribution in [0.1, 0.15) is 111 Å². The first-order chi connectivity index (χ1) is 32.0. The molecule has 0 radical (unpaired) electrons. The predicted molar refractivity (Wildman–Crippen MR) is 242 cm³/mol. The van der Waals surface area contributed by atoms with Gasteiger partial charge in [0.1, 0.15) is 28.8 Å². The summed E-state index contributed by atoms with van der Waals surface area (Å²) in [6, 6.07) is 10.5. The number of carbonyl (C=O) groups is 5. The van der Waals surface area contributed by atoms with Crippen molar-refractivity contribution in [1.82, 2.24) is 40.1 Å². The molecule has 9 rings (SSSR count). The molecule has 3 aliphatic rings. The summed E-state index contributed by atoms with van der Waals surface area (Å²) in [4.78, 5) is 78.3. The van der Waals surface area contributed by atoms with E-state index < -0.39 is 23.8 Å². The first kappa shape index (κ1) is 44.6. The number of ketones is 2. The Bertz CT molecular complexity index is 2850. The molecule has 5 heterocycles. The van der Waals surface area contributed by atoms with Crippen molar-refractivity contribution in [3.05, 3.63) is 81.6 Å². The summed E-state index contributed by atoms with van der Waals surface area (Å²) in [5, 5.41) is 17.0. The Hall–Kier alpha value is -6.63. The molecule has 1 unspecified atom stereocenters. The molecule has 0 bridgehead atoms. The molecule has 3 N–H and O–H groups in total. The Balaban J connectivity index is 0.741. The van der Waals surface area contributed by atoms with E-state index in [9.17, 15) is 24.0 Å². The zero-order valence-corrected chi connectivity index (χ0v) is 37.6. The number of hydrogen-bond donors (Lipinski definition) is 3. The van der Waals surface area contributed by atoms with E-state index in [-0.39, 0.29) is 49.8 Å². The normalized spacial score (nSPS) is 16.3. The van der Waals surface area contributed by atoms with Crippen molar-refractivity contribution in [3.63, 3.8) is 0 Å². The van der Waals surface area contributed by atoms with Crippen LogP contribution in [0.3, 0.4) is 0 Å². The van der Waals surface area contributed by atoms with Crippen molar-refractivity contribution in [3.8, 4) is 11.1 Å². The smallest absolute Gasteiger partial charge is 0.289 e. The maximum atomic E-state index is 13.5. The van der Waals surface area contributed by atoms with E-state index in [1.807, 2.05) is 31.5 Å². The molecule has 2 fully saturated rings. The highest BCUT2D eigenvalue weighted by molar-refractivity contribution is 6.24. The van der Waals surface area contributed by atoms with E-state index in [0.29, 0.717) is 80.9 Å². The van der Waals surface area contributed by atoms with Gasteiger partial charge in [0.25, 0.3) is 17.7 Å². The Morgan fingerprint density at radius 3 is 2.39 bits per heavy atom. The molecule has 18 nitrogen and oxygen atoms in total.